The highest BCUT2D eigenvalue weighted by atomic mass is 33.1. The number of nitrogens with zero attached hydrogens (tertiary/aromatic N) is 4. The van der Waals surface area contributed by atoms with Gasteiger partial charge in [-0.1, -0.05) is 58.0 Å². The molecular formula is C38H48N4S2+2. The van der Waals surface area contributed by atoms with E-state index in [9.17, 15) is 0 Å². The van der Waals surface area contributed by atoms with Crippen LogP contribution in [-0.4, -0.2) is 37.7 Å². The Kier molecular flexibility index (Phi) is 13.0. The minimum absolute atomic E-state index is 1.01. The summed E-state index contributed by atoms with van der Waals surface area (Å²) in [6.07, 6.45) is 12.9. The molecule has 0 fully saturated rings. The molecule has 0 saturated carbocycles. The third-order valence-electron chi connectivity index (χ3n) is 7.89. The molecule has 0 aliphatic rings. The smallest absolute Gasteiger partial charge is 0.169 e. The minimum Gasteiger partial charge on any atom is -0.371 e. The van der Waals surface area contributed by atoms with Gasteiger partial charge in [0.25, 0.3) is 0 Å². The highest BCUT2D eigenvalue weighted by molar-refractivity contribution is 8.76. The molecule has 2 aromatic heterocycles. The van der Waals surface area contributed by atoms with E-state index in [4.69, 9.17) is 0 Å². The predicted molar refractivity (Wildman–Crippen MR) is 196 cm³/mol. The molecule has 0 bridgehead atoms. The Morgan fingerprint density at radius 1 is 0.568 bits per heavy atom. The second-order valence-electron chi connectivity index (χ2n) is 11.1. The number of hydrogen-bond donors (Lipinski definition) is 0. The normalized spacial score (nSPS) is 12.0. The number of pyridine rings is 2. The summed E-state index contributed by atoms with van der Waals surface area (Å²) in [6, 6.07) is 26.6. The van der Waals surface area contributed by atoms with E-state index >= 15 is 0 Å². The van der Waals surface area contributed by atoms with Crippen molar-refractivity contribution in [2.24, 2.45) is 14.1 Å². The van der Waals surface area contributed by atoms with Crippen molar-refractivity contribution < 1.29 is 9.13 Å². The van der Waals surface area contributed by atoms with Crippen LogP contribution in [0.25, 0.3) is 23.3 Å². The zero-order valence-corrected chi connectivity index (χ0v) is 28.9. The fourth-order valence-electron chi connectivity index (χ4n) is 5.11. The highest BCUT2D eigenvalue weighted by Crippen LogP contribution is 2.25. The van der Waals surface area contributed by atoms with Crippen LogP contribution in [0.15, 0.2) is 97.6 Å². The quantitative estimate of drug-likeness (QED) is 0.0752. The van der Waals surface area contributed by atoms with E-state index in [0.717, 1.165) is 37.7 Å². The fourth-order valence-corrected chi connectivity index (χ4v) is 7.09. The molecule has 4 aromatic rings. The average Bonchev–Trinajstić information content (AvgIpc) is 3.04. The highest BCUT2D eigenvalue weighted by Gasteiger charge is 2.08. The van der Waals surface area contributed by atoms with Gasteiger partial charge < -0.3 is 9.80 Å². The number of aryl methyl sites for hydroxylation is 2. The van der Waals surface area contributed by atoms with Crippen LogP contribution in [0.2, 0.25) is 0 Å². The van der Waals surface area contributed by atoms with E-state index < -0.39 is 0 Å². The van der Waals surface area contributed by atoms with Crippen LogP contribution >= 0.6 is 21.6 Å². The lowest BCUT2D eigenvalue weighted by Crippen LogP contribution is -2.26. The third-order valence-corrected chi connectivity index (χ3v) is 10.3. The SMILES string of the molecule is CCN(CCSSCCN(CC)c1ccc(C=C(C)c2cc[n+](C)cc2)cc1)c1ccc(C=C(C)c2cc[n+](C)cc2)cc1. The number of hydrogen-bond acceptors (Lipinski definition) is 4. The third kappa shape index (κ3) is 10.0. The van der Waals surface area contributed by atoms with Crippen molar-refractivity contribution in [3.8, 4) is 0 Å². The zero-order chi connectivity index (χ0) is 31.3. The maximum Gasteiger partial charge on any atom is 0.169 e. The summed E-state index contributed by atoms with van der Waals surface area (Å²) in [5.74, 6) is 2.22. The summed E-state index contributed by atoms with van der Waals surface area (Å²) in [6.45, 7) is 13.0. The van der Waals surface area contributed by atoms with Gasteiger partial charge >= 0.3 is 0 Å². The Labute approximate surface area is 273 Å². The molecule has 0 spiro atoms. The van der Waals surface area contributed by atoms with E-state index in [0.29, 0.717) is 0 Å². The standard InChI is InChI=1S/C38H48N4S2/c1-7-41(37-13-9-33(10-14-37)29-31(3)35-17-21-39(5)22-18-35)25-27-43-44-28-26-42(8-2)38-15-11-34(12-16-38)30-32(4)36-19-23-40(6)24-20-36/h9-24,29-30H,7-8,25-28H2,1-6H3/q+2. The first-order valence-corrected chi connectivity index (χ1v) is 18.1. The van der Waals surface area contributed by atoms with Gasteiger partial charge in [-0.3, -0.25) is 0 Å². The molecule has 4 nitrogen and oxygen atoms in total. The van der Waals surface area contributed by atoms with Gasteiger partial charge in [-0.25, -0.2) is 9.13 Å². The van der Waals surface area contributed by atoms with Crippen molar-refractivity contribution in [1.82, 2.24) is 0 Å². The van der Waals surface area contributed by atoms with Gasteiger partial charge in [0.15, 0.2) is 24.8 Å². The molecular weight excluding hydrogens is 577 g/mol. The predicted octanol–water partition coefficient (Wildman–Crippen LogP) is 8.19. The van der Waals surface area contributed by atoms with Crippen LogP contribution in [0.5, 0.6) is 0 Å². The number of rotatable bonds is 15. The van der Waals surface area contributed by atoms with E-state index in [1.807, 2.05) is 35.7 Å². The van der Waals surface area contributed by atoms with Crippen molar-refractivity contribution in [3.05, 3.63) is 120 Å². The lowest BCUT2D eigenvalue weighted by molar-refractivity contribution is -0.671. The summed E-state index contributed by atoms with van der Waals surface area (Å²) >= 11 is 0. The van der Waals surface area contributed by atoms with Crippen LogP contribution < -0.4 is 18.9 Å². The van der Waals surface area contributed by atoms with Crippen molar-refractivity contribution in [1.29, 1.82) is 0 Å². The molecule has 0 aliphatic carbocycles. The molecule has 0 amide bonds. The van der Waals surface area contributed by atoms with Gasteiger partial charge in [-0.05, 0) is 85.4 Å². The second-order valence-corrected chi connectivity index (χ2v) is 13.8. The Balaban J connectivity index is 1.20. The summed E-state index contributed by atoms with van der Waals surface area (Å²) < 4.78 is 4.13. The molecule has 44 heavy (non-hydrogen) atoms. The summed E-state index contributed by atoms with van der Waals surface area (Å²) in [7, 11) is 8.07. The van der Waals surface area contributed by atoms with Crippen LogP contribution in [0, 0.1) is 0 Å². The molecule has 0 radical (unpaired) electrons. The van der Waals surface area contributed by atoms with E-state index in [2.05, 4.69) is 156 Å². The summed E-state index contributed by atoms with van der Waals surface area (Å²) in [5, 5.41) is 0. The van der Waals surface area contributed by atoms with Gasteiger partial charge in [0.2, 0.25) is 0 Å². The number of benzene rings is 2. The summed E-state index contributed by atoms with van der Waals surface area (Å²) in [4.78, 5) is 4.94. The molecule has 2 aromatic carbocycles. The maximum atomic E-state index is 2.47. The Hall–Kier alpha value is -3.48. The molecule has 0 atom stereocenters. The molecule has 2 heterocycles. The molecule has 0 saturated heterocycles. The van der Waals surface area contributed by atoms with Crippen LogP contribution in [0.1, 0.15) is 49.9 Å². The van der Waals surface area contributed by atoms with Crippen molar-refractivity contribution >= 4 is 56.3 Å². The van der Waals surface area contributed by atoms with Crippen LogP contribution in [-0.2, 0) is 14.1 Å². The second kappa shape index (κ2) is 17.1. The van der Waals surface area contributed by atoms with E-state index in [1.54, 1.807) is 0 Å². The molecule has 6 heteroatoms. The Bertz CT molecular complexity index is 1380. The molecule has 0 unspecified atom stereocenters. The minimum atomic E-state index is 1.01. The first kappa shape index (κ1) is 33.4. The molecule has 0 aliphatic heterocycles. The lowest BCUT2D eigenvalue weighted by Gasteiger charge is -2.24. The van der Waals surface area contributed by atoms with Crippen molar-refractivity contribution in [3.63, 3.8) is 0 Å². The largest absolute Gasteiger partial charge is 0.371 e. The monoisotopic (exact) mass is 624 g/mol. The fraction of sp³-hybridized carbons (Fsp3) is 0.316. The molecule has 230 valence electrons. The van der Waals surface area contributed by atoms with Gasteiger partial charge in [-0.2, -0.15) is 0 Å². The Morgan fingerprint density at radius 3 is 1.23 bits per heavy atom. The first-order valence-electron chi connectivity index (χ1n) is 15.6. The van der Waals surface area contributed by atoms with Crippen molar-refractivity contribution in [2.45, 2.75) is 27.7 Å². The van der Waals surface area contributed by atoms with Crippen LogP contribution in [0.3, 0.4) is 0 Å². The number of allylic oxidation sites excluding steroid dienone is 2. The van der Waals surface area contributed by atoms with Crippen molar-refractivity contribution in [2.75, 3.05) is 47.5 Å². The van der Waals surface area contributed by atoms with Gasteiger partial charge in [0.05, 0.1) is 0 Å². The first-order chi connectivity index (χ1) is 21.4. The zero-order valence-electron chi connectivity index (χ0n) is 27.2. The molecule has 0 N–H and O–H groups in total. The van der Waals surface area contributed by atoms with Gasteiger partial charge in [0.1, 0.15) is 14.1 Å². The average molecular weight is 625 g/mol. The van der Waals surface area contributed by atoms with E-state index in [1.165, 1.54) is 44.8 Å². The maximum absolute atomic E-state index is 2.47. The topological polar surface area (TPSA) is 14.2 Å². The lowest BCUT2D eigenvalue weighted by atomic mass is 10.1. The van der Waals surface area contributed by atoms with Crippen LogP contribution in [0.4, 0.5) is 11.4 Å². The number of aromatic nitrogens is 2. The van der Waals surface area contributed by atoms with Gasteiger partial charge in [-0.15, -0.1) is 0 Å². The number of anilines is 2. The summed E-state index contributed by atoms with van der Waals surface area (Å²) in [5.41, 5.74) is 10.1. The Morgan fingerprint density at radius 2 is 0.909 bits per heavy atom. The van der Waals surface area contributed by atoms with E-state index in [-0.39, 0.29) is 0 Å². The van der Waals surface area contributed by atoms with Gasteiger partial charge in [0, 0.05) is 73.3 Å². The molecule has 4 rings (SSSR count).